The summed E-state index contributed by atoms with van der Waals surface area (Å²) in [4.78, 5) is 27.1. The molecule has 5 heteroatoms. The Labute approximate surface area is 115 Å². The summed E-state index contributed by atoms with van der Waals surface area (Å²) in [7, 11) is 1.76. The molecule has 0 aromatic carbocycles. The Hall–Kier alpha value is -1.26. The predicted octanol–water partition coefficient (Wildman–Crippen LogP) is 2.56. The Balaban J connectivity index is 2.90. The van der Waals surface area contributed by atoms with Gasteiger partial charge in [-0.1, -0.05) is 19.8 Å². The molecule has 1 aliphatic rings. The first kappa shape index (κ1) is 15.8. The van der Waals surface area contributed by atoms with E-state index in [1.54, 1.807) is 11.9 Å². The fourth-order valence-corrected chi connectivity index (χ4v) is 2.28. The van der Waals surface area contributed by atoms with Gasteiger partial charge in [0.25, 0.3) is 0 Å². The summed E-state index contributed by atoms with van der Waals surface area (Å²) < 4.78 is 0. The molecule has 0 aromatic rings. The minimum absolute atomic E-state index is 0.166. The molecule has 1 fully saturated rings. The van der Waals surface area contributed by atoms with Crippen LogP contribution in [0.15, 0.2) is 0 Å². The number of amides is 2. The Morgan fingerprint density at radius 1 is 1.32 bits per heavy atom. The van der Waals surface area contributed by atoms with E-state index in [1.807, 2.05) is 20.8 Å². The monoisotopic (exact) mass is 270 g/mol. The molecule has 1 heterocycles. The van der Waals surface area contributed by atoms with Crippen LogP contribution in [0.3, 0.4) is 0 Å². The van der Waals surface area contributed by atoms with Crippen molar-refractivity contribution in [2.75, 3.05) is 13.6 Å². The lowest BCUT2D eigenvalue weighted by atomic mass is 10.0. The van der Waals surface area contributed by atoms with Crippen molar-refractivity contribution in [2.45, 2.75) is 64.5 Å². The number of urea groups is 1. The fourth-order valence-electron chi connectivity index (χ4n) is 2.28. The van der Waals surface area contributed by atoms with Crippen molar-refractivity contribution in [1.82, 2.24) is 9.80 Å². The van der Waals surface area contributed by atoms with E-state index in [-0.39, 0.29) is 11.6 Å². The molecule has 5 nitrogen and oxygen atoms in total. The summed E-state index contributed by atoms with van der Waals surface area (Å²) in [5.41, 5.74) is -0.257. The van der Waals surface area contributed by atoms with Crippen molar-refractivity contribution in [1.29, 1.82) is 0 Å². The summed E-state index contributed by atoms with van der Waals surface area (Å²) in [5.74, 6) is -0.891. The highest BCUT2D eigenvalue weighted by atomic mass is 16.4. The third-order valence-electron chi connectivity index (χ3n) is 4.34. The summed E-state index contributed by atoms with van der Waals surface area (Å²) in [6.45, 7) is 6.57. The molecule has 1 rings (SSSR count). The maximum Gasteiger partial charge on any atom is 0.326 e. The summed E-state index contributed by atoms with van der Waals surface area (Å²) in [6, 6.07) is -0.841. The molecule has 2 amide bonds. The number of aliphatic carboxylic acids is 1. The number of hydrogen-bond acceptors (Lipinski definition) is 2. The van der Waals surface area contributed by atoms with Gasteiger partial charge in [-0.2, -0.15) is 0 Å². The lowest BCUT2D eigenvalue weighted by molar-refractivity contribution is -0.142. The Bertz CT molecular complexity index is 342. The van der Waals surface area contributed by atoms with Crippen LogP contribution in [-0.4, -0.2) is 52.1 Å². The third-order valence-corrected chi connectivity index (χ3v) is 4.34. The van der Waals surface area contributed by atoms with Crippen molar-refractivity contribution in [3.05, 3.63) is 0 Å². The average molecular weight is 270 g/mol. The molecule has 1 unspecified atom stereocenters. The van der Waals surface area contributed by atoms with Gasteiger partial charge in [0.15, 0.2) is 0 Å². The molecule has 1 atom stereocenters. The van der Waals surface area contributed by atoms with Gasteiger partial charge in [0.2, 0.25) is 0 Å². The van der Waals surface area contributed by atoms with Crippen LogP contribution in [0, 0.1) is 0 Å². The van der Waals surface area contributed by atoms with E-state index in [1.165, 1.54) is 4.90 Å². The molecule has 0 aromatic heterocycles. The van der Waals surface area contributed by atoms with Gasteiger partial charge in [0.05, 0.1) is 0 Å². The number of nitrogens with zero attached hydrogens (tertiary/aromatic N) is 2. The van der Waals surface area contributed by atoms with Crippen LogP contribution in [0.1, 0.15) is 52.9 Å². The Morgan fingerprint density at radius 2 is 1.95 bits per heavy atom. The van der Waals surface area contributed by atoms with Crippen molar-refractivity contribution in [3.8, 4) is 0 Å². The maximum atomic E-state index is 12.6. The van der Waals surface area contributed by atoms with Gasteiger partial charge in [-0.05, 0) is 33.1 Å². The van der Waals surface area contributed by atoms with Crippen LogP contribution in [0.5, 0.6) is 0 Å². The van der Waals surface area contributed by atoms with Crippen LogP contribution in [0.2, 0.25) is 0 Å². The fraction of sp³-hybridized carbons (Fsp3) is 0.857. The third kappa shape index (κ3) is 3.61. The van der Waals surface area contributed by atoms with E-state index in [0.29, 0.717) is 13.0 Å². The molecule has 110 valence electrons. The minimum atomic E-state index is -0.891. The molecule has 0 aliphatic carbocycles. The minimum Gasteiger partial charge on any atom is -0.480 e. The Morgan fingerprint density at radius 3 is 2.47 bits per heavy atom. The SMILES string of the molecule is CCC(C)(C)N(C)C(=O)N1CCCCCC1C(=O)O. The number of likely N-dealkylation sites (tertiary alicyclic amines) is 1. The van der Waals surface area contributed by atoms with E-state index in [4.69, 9.17) is 0 Å². The summed E-state index contributed by atoms with van der Waals surface area (Å²) in [6.07, 6.45) is 4.15. The number of carbonyl (C=O) groups excluding carboxylic acids is 1. The molecule has 1 saturated heterocycles. The quantitative estimate of drug-likeness (QED) is 0.857. The van der Waals surface area contributed by atoms with Gasteiger partial charge >= 0.3 is 12.0 Å². The zero-order chi connectivity index (χ0) is 14.6. The molecule has 0 bridgehead atoms. The number of carbonyl (C=O) groups is 2. The van der Waals surface area contributed by atoms with Crippen molar-refractivity contribution in [3.63, 3.8) is 0 Å². The number of rotatable bonds is 3. The molecule has 1 N–H and O–H groups in total. The second-order valence-corrected chi connectivity index (χ2v) is 5.90. The van der Waals surface area contributed by atoms with Gasteiger partial charge in [-0.15, -0.1) is 0 Å². The largest absolute Gasteiger partial charge is 0.480 e. The molecule has 0 radical (unpaired) electrons. The summed E-state index contributed by atoms with van der Waals surface area (Å²) in [5, 5.41) is 9.31. The topological polar surface area (TPSA) is 60.9 Å². The molecular formula is C14H26N2O3. The molecule has 1 aliphatic heterocycles. The second kappa shape index (κ2) is 6.26. The average Bonchev–Trinajstić information content (AvgIpc) is 2.62. The van der Waals surface area contributed by atoms with Gasteiger partial charge in [-0.25, -0.2) is 9.59 Å². The van der Waals surface area contributed by atoms with E-state index >= 15 is 0 Å². The van der Waals surface area contributed by atoms with Crippen molar-refractivity contribution in [2.24, 2.45) is 0 Å². The first-order chi connectivity index (χ1) is 8.81. The molecular weight excluding hydrogens is 244 g/mol. The molecule has 0 spiro atoms. The number of carboxylic acid groups (broad SMARTS) is 1. The van der Waals surface area contributed by atoms with Crippen LogP contribution in [0.25, 0.3) is 0 Å². The van der Waals surface area contributed by atoms with E-state index in [0.717, 1.165) is 25.7 Å². The van der Waals surface area contributed by atoms with Gasteiger partial charge < -0.3 is 14.9 Å². The van der Waals surface area contributed by atoms with Crippen molar-refractivity contribution >= 4 is 12.0 Å². The normalized spacial score (nSPS) is 20.8. The van der Waals surface area contributed by atoms with E-state index in [9.17, 15) is 14.7 Å². The van der Waals surface area contributed by atoms with E-state index < -0.39 is 12.0 Å². The number of carboxylic acids is 1. The van der Waals surface area contributed by atoms with E-state index in [2.05, 4.69) is 0 Å². The lowest BCUT2D eigenvalue weighted by Crippen LogP contribution is -2.55. The lowest BCUT2D eigenvalue weighted by Gasteiger charge is -2.39. The molecule has 0 saturated carbocycles. The van der Waals surface area contributed by atoms with Crippen LogP contribution in [-0.2, 0) is 4.79 Å². The van der Waals surface area contributed by atoms with Gasteiger partial charge in [0.1, 0.15) is 6.04 Å². The standard InChI is InChI=1S/C14H26N2O3/c1-5-14(2,3)15(4)13(19)16-10-8-6-7-9-11(16)12(17)18/h11H,5-10H2,1-4H3,(H,17,18). The highest BCUT2D eigenvalue weighted by Gasteiger charge is 2.36. The van der Waals surface area contributed by atoms with Crippen LogP contribution < -0.4 is 0 Å². The first-order valence-electron chi connectivity index (χ1n) is 7.08. The highest BCUT2D eigenvalue weighted by Crippen LogP contribution is 2.23. The van der Waals surface area contributed by atoms with Gasteiger partial charge in [-0.3, -0.25) is 0 Å². The molecule has 19 heavy (non-hydrogen) atoms. The smallest absolute Gasteiger partial charge is 0.326 e. The highest BCUT2D eigenvalue weighted by molar-refractivity contribution is 5.83. The zero-order valence-corrected chi connectivity index (χ0v) is 12.5. The number of hydrogen-bond donors (Lipinski definition) is 1. The predicted molar refractivity (Wildman–Crippen MR) is 74.1 cm³/mol. The van der Waals surface area contributed by atoms with Crippen LogP contribution in [0.4, 0.5) is 4.79 Å². The van der Waals surface area contributed by atoms with Crippen LogP contribution >= 0.6 is 0 Å². The summed E-state index contributed by atoms with van der Waals surface area (Å²) >= 11 is 0. The zero-order valence-electron chi connectivity index (χ0n) is 12.5. The van der Waals surface area contributed by atoms with Gasteiger partial charge in [0, 0.05) is 19.1 Å². The Kier molecular flexibility index (Phi) is 5.20. The van der Waals surface area contributed by atoms with Crippen molar-refractivity contribution < 1.29 is 14.7 Å². The second-order valence-electron chi connectivity index (χ2n) is 5.90. The maximum absolute atomic E-state index is 12.6. The first-order valence-corrected chi connectivity index (χ1v) is 7.08.